The Morgan fingerprint density at radius 2 is 1.93 bits per heavy atom. The van der Waals surface area contributed by atoms with E-state index in [4.69, 9.17) is 23.2 Å². The molecular weight excluding hydrogens is 418 g/mol. The van der Waals surface area contributed by atoms with E-state index in [0.29, 0.717) is 21.3 Å². The van der Waals surface area contributed by atoms with Gasteiger partial charge in [0.2, 0.25) is 5.95 Å². The van der Waals surface area contributed by atoms with Crippen molar-refractivity contribution >= 4 is 35.1 Å². The summed E-state index contributed by atoms with van der Waals surface area (Å²) in [6.07, 6.45) is 1.45. The zero-order valence-electron chi connectivity index (χ0n) is 14.7. The van der Waals surface area contributed by atoms with E-state index in [0.717, 1.165) is 5.56 Å². The van der Waals surface area contributed by atoms with Crippen LogP contribution in [0.1, 0.15) is 16.1 Å². The molecule has 0 atom stereocenters. The molecule has 146 valence electrons. The molecule has 0 aliphatic heterocycles. The predicted octanol–water partition coefficient (Wildman–Crippen LogP) is 4.41. The summed E-state index contributed by atoms with van der Waals surface area (Å²) in [6, 6.07) is 12.8. The van der Waals surface area contributed by atoms with Crippen molar-refractivity contribution in [2.75, 3.05) is 5.32 Å². The smallest absolute Gasteiger partial charge is 0.276 e. The van der Waals surface area contributed by atoms with Gasteiger partial charge in [0.1, 0.15) is 17.8 Å². The van der Waals surface area contributed by atoms with Crippen LogP contribution in [0, 0.1) is 5.82 Å². The minimum absolute atomic E-state index is 0.121. The Bertz CT molecular complexity index is 1170. The highest BCUT2D eigenvalue weighted by Gasteiger charge is 2.14. The number of carbonyl (C=O) groups is 1. The van der Waals surface area contributed by atoms with Crippen molar-refractivity contribution in [1.82, 2.24) is 25.0 Å². The number of aromatic nitrogens is 5. The first kappa shape index (κ1) is 19.1. The molecule has 1 amide bonds. The van der Waals surface area contributed by atoms with Crippen LogP contribution in [0.15, 0.2) is 54.9 Å². The topological polar surface area (TPSA) is 88.5 Å². The molecule has 0 aliphatic rings. The molecule has 0 bridgehead atoms. The third kappa shape index (κ3) is 4.44. The number of rotatable bonds is 5. The van der Waals surface area contributed by atoms with Crippen LogP contribution in [0.3, 0.4) is 0 Å². The molecule has 2 heterocycles. The largest absolute Gasteiger partial charge is 0.288 e. The first-order chi connectivity index (χ1) is 14.0. The molecule has 2 aromatic heterocycles. The van der Waals surface area contributed by atoms with E-state index in [1.54, 1.807) is 24.3 Å². The molecule has 10 heteroatoms. The highest BCUT2D eigenvalue weighted by atomic mass is 35.5. The van der Waals surface area contributed by atoms with E-state index in [1.165, 1.54) is 23.1 Å². The van der Waals surface area contributed by atoms with E-state index in [-0.39, 0.29) is 18.2 Å². The van der Waals surface area contributed by atoms with E-state index in [1.807, 2.05) is 12.1 Å². The van der Waals surface area contributed by atoms with Gasteiger partial charge in [0.15, 0.2) is 0 Å². The molecule has 0 fully saturated rings. The Balaban J connectivity index is 1.43. The van der Waals surface area contributed by atoms with Crippen molar-refractivity contribution in [2.45, 2.75) is 6.54 Å². The van der Waals surface area contributed by atoms with Gasteiger partial charge in [-0.1, -0.05) is 41.4 Å². The van der Waals surface area contributed by atoms with E-state index in [9.17, 15) is 9.18 Å². The van der Waals surface area contributed by atoms with Gasteiger partial charge in [-0.2, -0.15) is 5.10 Å². The molecule has 0 saturated carbocycles. The lowest BCUT2D eigenvalue weighted by Gasteiger charge is -2.04. The SMILES string of the molecule is O=C(Nc1ncn(Cc2ccc(F)cc2Cl)n1)c1cc(-c2ccc(Cl)cc2)n[nH]1. The summed E-state index contributed by atoms with van der Waals surface area (Å²) in [5, 5.41) is 14.5. The zero-order chi connectivity index (χ0) is 20.4. The van der Waals surface area contributed by atoms with Crippen LogP contribution in [0.25, 0.3) is 11.3 Å². The van der Waals surface area contributed by atoms with Gasteiger partial charge in [-0.25, -0.2) is 14.1 Å². The molecule has 0 radical (unpaired) electrons. The van der Waals surface area contributed by atoms with Gasteiger partial charge in [0.25, 0.3) is 5.91 Å². The molecule has 2 N–H and O–H groups in total. The number of hydrogen-bond donors (Lipinski definition) is 2. The number of aromatic amines is 1. The summed E-state index contributed by atoms with van der Waals surface area (Å²) in [7, 11) is 0. The molecule has 4 aromatic rings. The van der Waals surface area contributed by atoms with Crippen LogP contribution >= 0.6 is 23.2 Å². The van der Waals surface area contributed by atoms with E-state index < -0.39 is 11.7 Å². The van der Waals surface area contributed by atoms with E-state index in [2.05, 4.69) is 25.6 Å². The molecule has 0 unspecified atom stereocenters. The second kappa shape index (κ2) is 8.02. The first-order valence-electron chi connectivity index (χ1n) is 8.44. The lowest BCUT2D eigenvalue weighted by Crippen LogP contribution is -2.14. The van der Waals surface area contributed by atoms with Crippen LogP contribution in [-0.2, 0) is 6.54 Å². The van der Waals surface area contributed by atoms with Crippen molar-refractivity contribution in [3.8, 4) is 11.3 Å². The lowest BCUT2D eigenvalue weighted by atomic mass is 10.1. The minimum Gasteiger partial charge on any atom is -0.288 e. The lowest BCUT2D eigenvalue weighted by molar-refractivity contribution is 0.102. The molecule has 29 heavy (non-hydrogen) atoms. The van der Waals surface area contributed by atoms with Crippen molar-refractivity contribution in [3.05, 3.63) is 82.0 Å². The predicted molar refractivity (Wildman–Crippen MR) is 108 cm³/mol. The van der Waals surface area contributed by atoms with Gasteiger partial charge in [-0.15, -0.1) is 5.10 Å². The van der Waals surface area contributed by atoms with E-state index >= 15 is 0 Å². The Labute approximate surface area is 174 Å². The summed E-state index contributed by atoms with van der Waals surface area (Å²) in [5.74, 6) is -0.728. The summed E-state index contributed by atoms with van der Waals surface area (Å²) >= 11 is 11.9. The molecular formula is C19H13Cl2FN6O. The van der Waals surface area contributed by atoms with Crippen LogP contribution in [0.5, 0.6) is 0 Å². The van der Waals surface area contributed by atoms with Crippen LogP contribution < -0.4 is 5.32 Å². The number of carbonyl (C=O) groups excluding carboxylic acids is 1. The van der Waals surface area contributed by atoms with Crippen molar-refractivity contribution < 1.29 is 9.18 Å². The molecule has 2 aromatic carbocycles. The number of amides is 1. The maximum absolute atomic E-state index is 13.1. The average Bonchev–Trinajstić information content (AvgIpc) is 3.34. The second-order valence-corrected chi connectivity index (χ2v) is 6.97. The number of nitrogens with zero attached hydrogens (tertiary/aromatic N) is 4. The van der Waals surface area contributed by atoms with Gasteiger partial charge >= 0.3 is 0 Å². The van der Waals surface area contributed by atoms with Crippen molar-refractivity contribution in [1.29, 1.82) is 0 Å². The van der Waals surface area contributed by atoms with Gasteiger partial charge < -0.3 is 0 Å². The van der Waals surface area contributed by atoms with Gasteiger partial charge in [-0.3, -0.25) is 15.2 Å². The second-order valence-electron chi connectivity index (χ2n) is 6.13. The van der Waals surface area contributed by atoms with Gasteiger partial charge in [-0.05, 0) is 35.9 Å². The minimum atomic E-state index is -0.435. The molecule has 0 spiro atoms. The highest BCUT2D eigenvalue weighted by Crippen LogP contribution is 2.21. The molecule has 7 nitrogen and oxygen atoms in total. The van der Waals surface area contributed by atoms with Gasteiger partial charge in [0.05, 0.1) is 12.2 Å². The van der Waals surface area contributed by atoms with Crippen LogP contribution in [-0.4, -0.2) is 30.9 Å². The number of halogens is 3. The fourth-order valence-electron chi connectivity index (χ4n) is 2.63. The number of H-pyrrole nitrogens is 1. The monoisotopic (exact) mass is 430 g/mol. The quantitative estimate of drug-likeness (QED) is 0.490. The number of anilines is 1. The maximum atomic E-state index is 13.1. The number of hydrogen-bond acceptors (Lipinski definition) is 4. The fraction of sp³-hybridized carbons (Fsp3) is 0.0526. The Morgan fingerprint density at radius 3 is 2.69 bits per heavy atom. The summed E-state index contributed by atoms with van der Waals surface area (Å²) in [5.41, 5.74) is 2.37. The average molecular weight is 431 g/mol. The third-order valence-corrected chi connectivity index (χ3v) is 4.68. The Kier molecular flexibility index (Phi) is 5.28. The van der Waals surface area contributed by atoms with Crippen LogP contribution in [0.2, 0.25) is 10.0 Å². The number of nitrogens with one attached hydrogen (secondary N) is 2. The first-order valence-corrected chi connectivity index (χ1v) is 9.19. The fourth-order valence-corrected chi connectivity index (χ4v) is 2.98. The standard InChI is InChI=1S/C19H13Cl2FN6O/c20-13-4-1-11(2-5-13)16-8-17(26-25-16)18(29)24-19-23-10-28(27-19)9-12-3-6-14(22)7-15(12)21/h1-8,10H,9H2,(H,25,26)(H,24,27,29). The highest BCUT2D eigenvalue weighted by molar-refractivity contribution is 6.31. The maximum Gasteiger partial charge on any atom is 0.276 e. The molecule has 0 saturated heterocycles. The van der Waals surface area contributed by atoms with Crippen LogP contribution in [0.4, 0.5) is 10.3 Å². The Morgan fingerprint density at radius 1 is 1.14 bits per heavy atom. The molecule has 0 aliphatic carbocycles. The van der Waals surface area contributed by atoms with Crippen molar-refractivity contribution in [2.24, 2.45) is 0 Å². The number of benzene rings is 2. The third-order valence-electron chi connectivity index (χ3n) is 4.07. The normalized spacial score (nSPS) is 10.9. The summed E-state index contributed by atoms with van der Waals surface area (Å²) < 4.78 is 14.6. The molecule has 4 rings (SSSR count). The van der Waals surface area contributed by atoms with Crippen molar-refractivity contribution in [3.63, 3.8) is 0 Å². The Hall–Kier alpha value is -3.23. The summed E-state index contributed by atoms with van der Waals surface area (Å²) in [6.45, 7) is 0.284. The van der Waals surface area contributed by atoms with Gasteiger partial charge in [0, 0.05) is 15.6 Å². The summed E-state index contributed by atoms with van der Waals surface area (Å²) in [4.78, 5) is 16.5. The zero-order valence-corrected chi connectivity index (χ0v) is 16.2.